The molecule has 0 radical (unpaired) electrons. The Bertz CT molecular complexity index is 284. The van der Waals surface area contributed by atoms with Gasteiger partial charge in [0.1, 0.15) is 0 Å². The third-order valence-electron chi connectivity index (χ3n) is 2.53. The summed E-state index contributed by atoms with van der Waals surface area (Å²) in [6.45, 7) is 2.12. The van der Waals surface area contributed by atoms with Crippen molar-refractivity contribution in [2.75, 3.05) is 0 Å². The summed E-state index contributed by atoms with van der Waals surface area (Å²) in [5, 5.41) is 0. The van der Waals surface area contributed by atoms with E-state index in [9.17, 15) is 0 Å². The Hall–Kier alpha value is 0.140. The molecule has 1 saturated carbocycles. The summed E-state index contributed by atoms with van der Waals surface area (Å²) in [4.78, 5) is 1.33. The average molecular weight is 260 g/mol. The van der Waals surface area contributed by atoms with E-state index < -0.39 is 0 Å². The van der Waals surface area contributed by atoms with E-state index in [1.54, 1.807) is 11.3 Å². The third kappa shape index (κ3) is 2.33. The quantitative estimate of drug-likeness (QED) is 0.882. The molecule has 1 aromatic heterocycles. The molecule has 0 aliphatic heterocycles. The van der Waals surface area contributed by atoms with E-state index in [2.05, 4.69) is 28.9 Å². The largest absolute Gasteiger partial charge is 0.323 e. The molecule has 1 fully saturated rings. The van der Waals surface area contributed by atoms with Crippen molar-refractivity contribution in [3.63, 3.8) is 0 Å². The van der Waals surface area contributed by atoms with Crippen molar-refractivity contribution in [2.45, 2.75) is 32.2 Å². The fourth-order valence-corrected chi connectivity index (χ4v) is 3.08. The van der Waals surface area contributed by atoms with E-state index in [1.165, 1.54) is 33.5 Å². The van der Waals surface area contributed by atoms with Crippen molar-refractivity contribution >= 4 is 27.3 Å². The number of hydrogen-bond donors (Lipinski definition) is 1. The van der Waals surface area contributed by atoms with E-state index in [1.807, 2.05) is 0 Å². The van der Waals surface area contributed by atoms with Gasteiger partial charge in [-0.3, -0.25) is 0 Å². The fourth-order valence-electron chi connectivity index (χ4n) is 1.50. The minimum absolute atomic E-state index is 0.266. The second-order valence-corrected chi connectivity index (χ2v) is 6.29. The molecule has 1 nitrogen and oxygen atoms in total. The molecule has 0 saturated heterocycles. The van der Waals surface area contributed by atoms with Crippen LogP contribution in [-0.4, -0.2) is 0 Å². The maximum Gasteiger partial charge on any atom is 0.0731 e. The molecule has 0 aromatic carbocycles. The molecule has 0 amide bonds. The van der Waals surface area contributed by atoms with Crippen LogP contribution in [0.15, 0.2) is 9.85 Å². The smallest absolute Gasteiger partial charge is 0.0731 e. The lowest BCUT2D eigenvalue weighted by molar-refractivity contribution is 0.605. The van der Waals surface area contributed by atoms with Crippen molar-refractivity contribution in [1.82, 2.24) is 0 Å². The number of hydrogen-bond acceptors (Lipinski definition) is 2. The van der Waals surface area contributed by atoms with E-state index in [0.717, 1.165) is 5.92 Å². The molecule has 1 atom stereocenters. The molecule has 1 aliphatic carbocycles. The van der Waals surface area contributed by atoms with Crippen molar-refractivity contribution in [2.24, 2.45) is 11.7 Å². The average Bonchev–Trinajstić information content (AvgIpc) is 2.81. The van der Waals surface area contributed by atoms with E-state index >= 15 is 0 Å². The molecular weight excluding hydrogens is 246 g/mol. The minimum atomic E-state index is 0.266. The summed E-state index contributed by atoms with van der Waals surface area (Å²) < 4.78 is 1.23. The van der Waals surface area contributed by atoms with Crippen molar-refractivity contribution in [1.29, 1.82) is 0 Å². The van der Waals surface area contributed by atoms with Crippen LogP contribution in [0.25, 0.3) is 0 Å². The van der Waals surface area contributed by atoms with Crippen LogP contribution < -0.4 is 5.73 Å². The predicted octanol–water partition coefficient (Wildman–Crippen LogP) is 3.62. The van der Waals surface area contributed by atoms with Crippen LogP contribution in [-0.2, 0) is 0 Å². The summed E-state index contributed by atoms with van der Waals surface area (Å²) in [6.07, 6.45) is 3.95. The molecule has 72 valence electrons. The van der Waals surface area contributed by atoms with Gasteiger partial charge in [0.05, 0.1) is 3.79 Å². The molecule has 2 rings (SSSR count). The van der Waals surface area contributed by atoms with Crippen LogP contribution in [0.5, 0.6) is 0 Å². The molecule has 13 heavy (non-hydrogen) atoms. The molecular formula is C10H14BrNS. The van der Waals surface area contributed by atoms with Crippen LogP contribution in [0.2, 0.25) is 0 Å². The topological polar surface area (TPSA) is 26.0 Å². The number of halogens is 1. The van der Waals surface area contributed by atoms with E-state index in [-0.39, 0.29) is 6.04 Å². The third-order valence-corrected chi connectivity index (χ3v) is 4.79. The first kappa shape index (κ1) is 9.69. The normalized spacial score (nSPS) is 19.0. The zero-order chi connectivity index (χ0) is 9.42. The standard InChI is InChI=1S/C10H14BrNS/c1-6-4-9(13-10(6)11)8(12)5-7-2-3-7/h4,7-8H,2-3,5,12H2,1H3/t8-/m1/s1. The Balaban J connectivity index is 2.05. The molecule has 2 N–H and O–H groups in total. The Morgan fingerprint density at radius 2 is 2.38 bits per heavy atom. The van der Waals surface area contributed by atoms with Gasteiger partial charge in [-0.1, -0.05) is 12.8 Å². The van der Waals surface area contributed by atoms with Gasteiger partial charge in [0.15, 0.2) is 0 Å². The van der Waals surface area contributed by atoms with Crippen LogP contribution >= 0.6 is 27.3 Å². The molecule has 1 aliphatic rings. The molecule has 1 heterocycles. The van der Waals surface area contributed by atoms with Crippen molar-refractivity contribution < 1.29 is 0 Å². The highest BCUT2D eigenvalue weighted by molar-refractivity contribution is 9.11. The first-order valence-electron chi connectivity index (χ1n) is 4.68. The molecule has 3 heteroatoms. The van der Waals surface area contributed by atoms with Crippen LogP contribution in [0.3, 0.4) is 0 Å². The summed E-state index contributed by atoms with van der Waals surface area (Å²) in [7, 11) is 0. The Morgan fingerprint density at radius 1 is 1.69 bits per heavy atom. The van der Waals surface area contributed by atoms with Gasteiger partial charge in [0.2, 0.25) is 0 Å². The van der Waals surface area contributed by atoms with Gasteiger partial charge in [0, 0.05) is 10.9 Å². The zero-order valence-electron chi connectivity index (χ0n) is 7.72. The molecule has 0 spiro atoms. The number of aryl methyl sites for hydroxylation is 1. The van der Waals surface area contributed by atoms with Crippen LogP contribution in [0.4, 0.5) is 0 Å². The first-order chi connectivity index (χ1) is 6.16. The lowest BCUT2D eigenvalue weighted by Gasteiger charge is -2.07. The fraction of sp³-hybridized carbons (Fsp3) is 0.600. The Kier molecular flexibility index (Phi) is 2.77. The highest BCUT2D eigenvalue weighted by atomic mass is 79.9. The molecule has 1 aromatic rings. The van der Waals surface area contributed by atoms with Gasteiger partial charge in [-0.2, -0.15) is 0 Å². The SMILES string of the molecule is Cc1cc([C@H](N)CC2CC2)sc1Br. The minimum Gasteiger partial charge on any atom is -0.323 e. The van der Waals surface area contributed by atoms with Gasteiger partial charge >= 0.3 is 0 Å². The predicted molar refractivity (Wildman–Crippen MR) is 61.0 cm³/mol. The van der Waals surface area contributed by atoms with Gasteiger partial charge in [-0.05, 0) is 46.8 Å². The van der Waals surface area contributed by atoms with Gasteiger partial charge in [-0.25, -0.2) is 0 Å². The Morgan fingerprint density at radius 3 is 2.85 bits per heavy atom. The maximum absolute atomic E-state index is 6.11. The Labute approximate surface area is 91.5 Å². The molecule has 0 unspecified atom stereocenters. The van der Waals surface area contributed by atoms with Gasteiger partial charge < -0.3 is 5.73 Å². The summed E-state index contributed by atoms with van der Waals surface area (Å²) in [6, 6.07) is 2.48. The highest BCUT2D eigenvalue weighted by Crippen LogP contribution is 2.39. The zero-order valence-corrected chi connectivity index (χ0v) is 10.1. The lowest BCUT2D eigenvalue weighted by Crippen LogP contribution is -2.08. The summed E-state index contributed by atoms with van der Waals surface area (Å²) in [5.74, 6) is 0.913. The van der Waals surface area contributed by atoms with Crippen LogP contribution in [0, 0.1) is 12.8 Å². The number of nitrogens with two attached hydrogens (primary N) is 1. The maximum atomic E-state index is 6.11. The van der Waals surface area contributed by atoms with Gasteiger partial charge in [0.25, 0.3) is 0 Å². The van der Waals surface area contributed by atoms with E-state index in [4.69, 9.17) is 5.73 Å². The van der Waals surface area contributed by atoms with Crippen LogP contribution in [0.1, 0.15) is 35.7 Å². The second-order valence-electron chi connectivity index (χ2n) is 3.89. The highest BCUT2D eigenvalue weighted by Gasteiger charge is 2.25. The van der Waals surface area contributed by atoms with E-state index in [0.29, 0.717) is 0 Å². The number of rotatable bonds is 3. The second kappa shape index (κ2) is 3.71. The lowest BCUT2D eigenvalue weighted by atomic mass is 10.1. The van der Waals surface area contributed by atoms with Crippen molar-refractivity contribution in [3.8, 4) is 0 Å². The molecule has 0 bridgehead atoms. The number of thiophene rings is 1. The monoisotopic (exact) mass is 259 g/mol. The van der Waals surface area contributed by atoms with Crippen molar-refractivity contribution in [3.05, 3.63) is 20.3 Å². The summed E-state index contributed by atoms with van der Waals surface area (Å²) >= 11 is 5.31. The summed E-state index contributed by atoms with van der Waals surface area (Å²) in [5.41, 5.74) is 7.42. The van der Waals surface area contributed by atoms with Gasteiger partial charge in [-0.15, -0.1) is 11.3 Å². The first-order valence-corrected chi connectivity index (χ1v) is 6.29.